The first-order valence-electron chi connectivity index (χ1n) is 21.0. The summed E-state index contributed by atoms with van der Waals surface area (Å²) in [5, 5.41) is 0. The van der Waals surface area contributed by atoms with E-state index in [-0.39, 0.29) is 13.2 Å². The zero-order valence-corrected chi connectivity index (χ0v) is 47.8. The molecule has 0 amide bonds. The van der Waals surface area contributed by atoms with E-state index in [2.05, 4.69) is 94.7 Å². The predicted molar refractivity (Wildman–Crippen MR) is 235 cm³/mol. The molecule has 0 radical (unpaired) electrons. The van der Waals surface area contributed by atoms with E-state index in [0.717, 1.165) is 20.8 Å². The zero-order valence-electron chi connectivity index (χ0n) is 41.8. The molecule has 0 aromatic carbocycles. The van der Waals surface area contributed by atoms with Crippen molar-refractivity contribution >= 4 is 154 Å². The van der Waals surface area contributed by atoms with Crippen LogP contribution in [0.25, 0.3) is 0 Å². The summed E-state index contributed by atoms with van der Waals surface area (Å²) in [5.74, 6) is -5.35. The molecule has 0 aromatic rings. The maximum atomic E-state index is 12.7. The smallest absolute Gasteiger partial charge is 0.430 e. The molecule has 10 fully saturated rings. The van der Waals surface area contributed by atoms with Crippen LogP contribution in [0.1, 0.15) is 20.8 Å². The minimum absolute atomic E-state index is 0.167. The number of carbonyl (C=O) groups is 10. The van der Waals surface area contributed by atoms with E-state index in [9.17, 15) is 118 Å². The molecule has 0 saturated carbocycles. The van der Waals surface area contributed by atoms with Crippen molar-refractivity contribution in [3.63, 3.8) is 0 Å². The van der Waals surface area contributed by atoms with Crippen LogP contribution in [0.5, 0.6) is 0 Å². The molecule has 13 atom stereocenters. The Hall–Kier alpha value is -6.10. The molecular weight excluding hydrogens is 1490 g/mol. The van der Waals surface area contributed by atoms with Gasteiger partial charge in [0.05, 0.1) is 0 Å². The summed E-state index contributed by atoms with van der Waals surface area (Å²) >= 11 is 41.9. The summed E-state index contributed by atoms with van der Waals surface area (Å²) in [5.41, 5.74) is -3.54. The summed E-state index contributed by atoms with van der Waals surface area (Å²) in [4.78, 5) is 99.6. The molecule has 0 aromatic heterocycles. The highest BCUT2D eigenvalue weighted by molar-refractivity contribution is 6.62. The predicted octanol–water partition coefficient (Wildman–Crippen LogP) is 12.0. The highest BCUT2D eigenvalue weighted by atomic mass is 35.5. The lowest BCUT2D eigenvalue weighted by atomic mass is 10.2. The van der Waals surface area contributed by atoms with Crippen LogP contribution in [0.4, 0.5) is 118 Å². The highest BCUT2D eigenvalue weighted by Gasteiger charge is 2.71. The molecule has 0 spiro atoms. The topological polar surface area (TPSA) is 355 Å². The second kappa shape index (κ2) is 32.8. The molecule has 89 heavy (non-hydrogen) atoms. The van der Waals surface area contributed by atoms with Crippen molar-refractivity contribution in [1.29, 1.82) is 0 Å². The van der Waals surface area contributed by atoms with Gasteiger partial charge in [0.25, 0.3) is 12.7 Å². The summed E-state index contributed by atoms with van der Waals surface area (Å²) < 4.78 is 262. The van der Waals surface area contributed by atoms with Crippen molar-refractivity contribution in [2.45, 2.75) is 132 Å². The number of halogens is 24. The quantitative estimate of drug-likeness (QED) is 0.0941. The van der Waals surface area contributed by atoms with Crippen molar-refractivity contribution in [2.75, 3.05) is 19.8 Å². The number of carbonyl (C=O) groups excluding carboxylic acids is 10. The second-order valence-electron chi connectivity index (χ2n) is 14.9. The Morgan fingerprint density at radius 1 is 0.382 bits per heavy atom. The Kier molecular flexibility index (Phi) is 29.8. The molecule has 10 rings (SSSR count). The lowest BCUT2D eigenvalue weighted by molar-refractivity contribution is -0.344. The van der Waals surface area contributed by atoms with Crippen LogP contribution < -0.4 is 0 Å². The zero-order chi connectivity index (χ0) is 69.4. The first kappa shape index (κ1) is 80.9. The summed E-state index contributed by atoms with van der Waals surface area (Å²) in [6, 6.07) is 0. The van der Waals surface area contributed by atoms with Crippen LogP contribution in [0.3, 0.4) is 0 Å². The fourth-order valence-electron chi connectivity index (χ4n) is 4.04. The van der Waals surface area contributed by atoms with E-state index in [4.69, 9.17) is 92.8 Å². The third-order valence-corrected chi connectivity index (χ3v) is 11.1. The summed E-state index contributed by atoms with van der Waals surface area (Å²) in [6.45, 7) is 1.88. The second-order valence-corrected chi connectivity index (χ2v) is 19.2. The van der Waals surface area contributed by atoms with E-state index >= 15 is 0 Å². The maximum absolute atomic E-state index is 12.7. The third kappa shape index (κ3) is 27.5. The van der Waals surface area contributed by atoms with Gasteiger partial charge in [-0.15, -0.1) is 0 Å². The Morgan fingerprint density at radius 2 is 0.730 bits per heavy atom. The Bertz CT molecular complexity index is 2220. The van der Waals surface area contributed by atoms with Gasteiger partial charge in [-0.25, -0.2) is 47.9 Å². The average Bonchev–Trinajstić information content (AvgIpc) is 2.36. The third-order valence-electron chi connectivity index (χ3n) is 8.07. The van der Waals surface area contributed by atoms with Crippen LogP contribution in [-0.4, -0.2) is 193 Å². The molecular formula is C35H26Cl8F16O30. The molecule has 0 bridgehead atoms. The van der Waals surface area contributed by atoms with Crippen LogP contribution >= 0.6 is 92.8 Å². The minimum Gasteiger partial charge on any atom is -0.430 e. The summed E-state index contributed by atoms with van der Waals surface area (Å²) in [6.07, 6.45) is -43.8. The number of rotatable bonds is 0. The molecule has 10 aliphatic rings. The van der Waals surface area contributed by atoms with Gasteiger partial charge in [0, 0.05) is 13.8 Å². The fourth-order valence-corrected chi connectivity index (χ4v) is 4.96. The Morgan fingerprint density at radius 3 is 0.865 bits per heavy atom. The number of ether oxygens (including phenoxy) is 20. The van der Waals surface area contributed by atoms with Crippen molar-refractivity contribution in [3.8, 4) is 0 Å². The van der Waals surface area contributed by atoms with Gasteiger partial charge in [0.15, 0.2) is 6.61 Å². The van der Waals surface area contributed by atoms with Gasteiger partial charge >= 0.3 is 120 Å². The first-order chi connectivity index (χ1) is 40.1. The van der Waals surface area contributed by atoms with Gasteiger partial charge in [-0.3, -0.25) is 0 Å². The molecule has 30 nitrogen and oxygen atoms in total. The van der Waals surface area contributed by atoms with E-state index in [1.807, 2.05) is 0 Å². The molecule has 10 saturated heterocycles. The lowest BCUT2D eigenvalue weighted by Crippen LogP contribution is -2.39. The Labute approximate surface area is 517 Å². The van der Waals surface area contributed by atoms with E-state index < -0.39 is 179 Å². The molecule has 13 unspecified atom stereocenters. The van der Waals surface area contributed by atoms with Crippen molar-refractivity contribution < 1.29 is 213 Å². The SMILES string of the molecule is CC1(F)OC(=O)OC1(C)F.CC1OC(=O)OC1C(F)(F)F.O=C1OC(Cl)(Cl)C(Cl)(Cl)O1.O=C1OC(Cl)C(Cl)O1.O=C1OC(F)(F)C(F)(F)O1.O=C1OC(F)C(Cl)O1.O=C1OC(F)C(F)O1.O=C1OCC(C(F)(F)F)O1.O=C1OCC(Cl)O1.O=C1OCC(F)O1. The molecule has 514 valence electrons. The monoisotopic (exact) mass is 1510 g/mol. The lowest BCUT2D eigenvalue weighted by Gasteiger charge is -2.19. The minimum atomic E-state index is -4.84. The summed E-state index contributed by atoms with van der Waals surface area (Å²) in [7, 11) is 0. The highest BCUT2D eigenvalue weighted by Crippen LogP contribution is 2.49. The number of hydrogen-bond donors (Lipinski definition) is 0. The maximum Gasteiger partial charge on any atom is 0.518 e. The van der Waals surface area contributed by atoms with Crippen LogP contribution in [0.15, 0.2) is 0 Å². The van der Waals surface area contributed by atoms with Crippen LogP contribution in [-0.2, 0) is 94.7 Å². The van der Waals surface area contributed by atoms with Crippen molar-refractivity contribution in [1.82, 2.24) is 0 Å². The van der Waals surface area contributed by atoms with Crippen molar-refractivity contribution in [3.05, 3.63) is 0 Å². The Balaban J connectivity index is 0.000000496. The van der Waals surface area contributed by atoms with Crippen molar-refractivity contribution in [2.24, 2.45) is 0 Å². The van der Waals surface area contributed by atoms with Gasteiger partial charge in [0.2, 0.25) is 34.5 Å². The van der Waals surface area contributed by atoms with Gasteiger partial charge in [-0.05, 0) is 53.3 Å². The fraction of sp³-hybridized carbons (Fsp3) is 0.714. The normalized spacial score (nSPS) is 32.6. The van der Waals surface area contributed by atoms with Crippen LogP contribution in [0.2, 0.25) is 0 Å². The van der Waals surface area contributed by atoms with E-state index in [1.54, 1.807) is 0 Å². The molecule has 54 heteroatoms. The molecule has 0 N–H and O–H groups in total. The van der Waals surface area contributed by atoms with Gasteiger partial charge in [0.1, 0.15) is 19.3 Å². The number of hydrogen-bond acceptors (Lipinski definition) is 30. The standard InChI is InChI=1S/C5H5F3O3.C5H6F2O3.C4H3F3O3.C3Cl4O3.C3H2Cl2O3.C3H2ClFO3.C3H3ClO3.C3F4O3.C3H2F2O3.C3H3FO3/c1-2-3(5(6,7)8)11-4(9)10-2;1-4(6)5(2,7)10-3(8)9-4;5-4(6,7)2-1-9-3(8)10-2;4-2(5)3(6,7)10-1(8)9-2;2*4-1-2(5)8-3(6)7-1;4-2-1-6-3(5)7-2;4-2(5)3(6,7)10-1(8)9-2;4-1-2(5)8-3(6)7-1;4-2-1-6-3(5)7-2/h2-3H,1H3;1-2H3;2H,1H2;;2*1-2H;2H,1H2;;1-2H;2H,1H2. The van der Waals surface area contributed by atoms with E-state index in [1.165, 1.54) is 0 Å². The first-order valence-corrected chi connectivity index (χ1v) is 24.3. The number of cyclic esters (lactones) is 20. The van der Waals surface area contributed by atoms with Gasteiger partial charge in [-0.2, -0.15) is 70.2 Å². The van der Waals surface area contributed by atoms with E-state index in [0.29, 0.717) is 0 Å². The largest absolute Gasteiger partial charge is 0.518 e. The average molecular weight is 1510 g/mol. The molecule has 0 aliphatic carbocycles. The molecule has 10 aliphatic heterocycles. The molecule has 10 heterocycles. The number of alkyl halides is 24. The van der Waals surface area contributed by atoms with Gasteiger partial charge < -0.3 is 94.7 Å². The van der Waals surface area contributed by atoms with Crippen LogP contribution in [0, 0.1) is 0 Å². The van der Waals surface area contributed by atoms with Gasteiger partial charge in [-0.1, -0.05) is 46.4 Å².